The third-order valence-corrected chi connectivity index (χ3v) is 3.83. The van der Waals surface area contributed by atoms with Gasteiger partial charge in [0.25, 0.3) is 0 Å². The highest BCUT2D eigenvalue weighted by Gasteiger charge is 2.27. The zero-order valence-electron chi connectivity index (χ0n) is 13.4. The fraction of sp³-hybridized carbons (Fsp3) is 0.529. The summed E-state index contributed by atoms with van der Waals surface area (Å²) in [6.07, 6.45) is 1.52. The second kappa shape index (κ2) is 8.53. The van der Waals surface area contributed by atoms with Crippen LogP contribution in [0.1, 0.15) is 24.8 Å². The normalized spacial score (nSPS) is 15.2. The molecule has 0 radical (unpaired) electrons. The average molecular weight is 321 g/mol. The van der Waals surface area contributed by atoms with Crippen molar-refractivity contribution < 1.29 is 24.2 Å². The van der Waals surface area contributed by atoms with Crippen molar-refractivity contribution in [1.82, 2.24) is 4.90 Å². The Bertz CT molecular complexity index is 540. The van der Waals surface area contributed by atoms with E-state index in [-0.39, 0.29) is 31.5 Å². The number of carbonyl (C=O) groups excluding carboxylic acids is 1. The van der Waals surface area contributed by atoms with Crippen molar-refractivity contribution in [2.75, 3.05) is 26.4 Å². The number of aliphatic carboxylic acids is 1. The van der Waals surface area contributed by atoms with E-state index in [0.717, 1.165) is 5.56 Å². The number of carboxylic acid groups (broad SMARTS) is 1. The molecule has 23 heavy (non-hydrogen) atoms. The zero-order valence-corrected chi connectivity index (χ0v) is 13.4. The van der Waals surface area contributed by atoms with Gasteiger partial charge in [0, 0.05) is 19.3 Å². The van der Waals surface area contributed by atoms with Gasteiger partial charge in [-0.3, -0.25) is 9.59 Å². The maximum Gasteiger partial charge on any atom is 0.323 e. The fourth-order valence-corrected chi connectivity index (χ4v) is 2.67. The standard InChI is InChI=1S/C17H23NO5/c1-13-3-2-4-15(11-13)23-10-7-16(19)18(12-17(20)21)14-5-8-22-9-6-14/h2-4,11,14H,5-10,12H2,1H3,(H,20,21). The summed E-state index contributed by atoms with van der Waals surface area (Å²) >= 11 is 0. The van der Waals surface area contributed by atoms with Crippen LogP contribution in [0.2, 0.25) is 0 Å². The summed E-state index contributed by atoms with van der Waals surface area (Å²) in [5.41, 5.74) is 1.09. The Morgan fingerprint density at radius 2 is 2.09 bits per heavy atom. The van der Waals surface area contributed by atoms with Crippen molar-refractivity contribution in [3.8, 4) is 5.75 Å². The molecule has 0 unspecified atom stereocenters. The molecule has 1 saturated heterocycles. The Morgan fingerprint density at radius 1 is 1.35 bits per heavy atom. The highest BCUT2D eigenvalue weighted by Crippen LogP contribution is 2.16. The molecule has 0 spiro atoms. The number of hydrogen-bond donors (Lipinski definition) is 1. The molecule has 0 aromatic heterocycles. The molecule has 1 N–H and O–H groups in total. The molecule has 6 nitrogen and oxygen atoms in total. The highest BCUT2D eigenvalue weighted by atomic mass is 16.5. The predicted molar refractivity (Wildman–Crippen MR) is 84.5 cm³/mol. The maximum absolute atomic E-state index is 12.4. The van der Waals surface area contributed by atoms with Crippen LogP contribution < -0.4 is 4.74 Å². The number of carboxylic acids is 1. The Morgan fingerprint density at radius 3 is 2.74 bits per heavy atom. The number of carbonyl (C=O) groups is 2. The molecular weight excluding hydrogens is 298 g/mol. The van der Waals surface area contributed by atoms with E-state index in [1.165, 1.54) is 4.90 Å². The van der Waals surface area contributed by atoms with Crippen molar-refractivity contribution in [2.45, 2.75) is 32.2 Å². The van der Waals surface area contributed by atoms with E-state index in [4.69, 9.17) is 14.6 Å². The molecule has 6 heteroatoms. The lowest BCUT2D eigenvalue weighted by Crippen LogP contribution is -2.46. The first-order chi connectivity index (χ1) is 11.1. The van der Waals surface area contributed by atoms with E-state index in [2.05, 4.69) is 0 Å². The molecule has 0 bridgehead atoms. The van der Waals surface area contributed by atoms with Crippen LogP contribution in [-0.4, -0.2) is 54.3 Å². The quantitative estimate of drug-likeness (QED) is 0.829. The minimum atomic E-state index is -0.996. The summed E-state index contributed by atoms with van der Waals surface area (Å²) in [5, 5.41) is 9.04. The number of aryl methyl sites for hydroxylation is 1. The van der Waals surface area contributed by atoms with Crippen molar-refractivity contribution >= 4 is 11.9 Å². The lowest BCUT2D eigenvalue weighted by atomic mass is 10.1. The number of hydrogen-bond acceptors (Lipinski definition) is 4. The van der Waals surface area contributed by atoms with Gasteiger partial charge in [-0.15, -0.1) is 0 Å². The molecule has 1 aliphatic rings. The summed E-state index contributed by atoms with van der Waals surface area (Å²) in [5.74, 6) is -0.468. The van der Waals surface area contributed by atoms with Gasteiger partial charge in [-0.2, -0.15) is 0 Å². The van der Waals surface area contributed by atoms with Crippen molar-refractivity contribution in [2.24, 2.45) is 0 Å². The topological polar surface area (TPSA) is 76.1 Å². The molecule has 1 aromatic rings. The van der Waals surface area contributed by atoms with E-state index < -0.39 is 5.97 Å². The van der Waals surface area contributed by atoms with Crippen LogP contribution in [0.15, 0.2) is 24.3 Å². The third kappa shape index (κ3) is 5.56. The molecule has 1 heterocycles. The van der Waals surface area contributed by atoms with Crippen molar-refractivity contribution in [1.29, 1.82) is 0 Å². The van der Waals surface area contributed by atoms with Crippen molar-refractivity contribution in [3.05, 3.63) is 29.8 Å². The van der Waals surface area contributed by atoms with Gasteiger partial charge in [0.05, 0.1) is 13.0 Å². The summed E-state index contributed by atoms with van der Waals surface area (Å²) < 4.78 is 10.9. The van der Waals surface area contributed by atoms with Crippen LogP contribution in [0.4, 0.5) is 0 Å². The molecule has 0 saturated carbocycles. The van der Waals surface area contributed by atoms with Crippen LogP contribution in [-0.2, 0) is 14.3 Å². The number of benzene rings is 1. The first-order valence-corrected chi connectivity index (χ1v) is 7.85. The lowest BCUT2D eigenvalue weighted by Gasteiger charge is -2.33. The van der Waals surface area contributed by atoms with Gasteiger partial charge in [0.1, 0.15) is 12.3 Å². The Hall–Kier alpha value is -2.08. The van der Waals surface area contributed by atoms with E-state index in [1.807, 2.05) is 31.2 Å². The molecule has 1 amide bonds. The Labute approximate surface area is 136 Å². The van der Waals surface area contributed by atoms with Crippen LogP contribution in [0.3, 0.4) is 0 Å². The monoisotopic (exact) mass is 321 g/mol. The smallest absolute Gasteiger partial charge is 0.323 e. The Kier molecular flexibility index (Phi) is 6.40. The largest absolute Gasteiger partial charge is 0.493 e. The summed E-state index contributed by atoms with van der Waals surface area (Å²) in [7, 11) is 0. The number of amides is 1. The second-order valence-corrected chi connectivity index (χ2v) is 5.67. The highest BCUT2D eigenvalue weighted by molar-refractivity contribution is 5.81. The van der Waals surface area contributed by atoms with Crippen LogP contribution in [0.25, 0.3) is 0 Å². The van der Waals surface area contributed by atoms with Gasteiger partial charge in [0.2, 0.25) is 5.91 Å². The molecule has 1 aromatic carbocycles. The van der Waals surface area contributed by atoms with Gasteiger partial charge in [-0.1, -0.05) is 12.1 Å². The molecule has 1 fully saturated rings. The summed E-state index contributed by atoms with van der Waals surface area (Å²) in [4.78, 5) is 24.9. The molecule has 2 rings (SSSR count). The van der Waals surface area contributed by atoms with Gasteiger partial charge < -0.3 is 19.5 Å². The first-order valence-electron chi connectivity index (χ1n) is 7.85. The summed E-state index contributed by atoms with van der Waals surface area (Å²) in [6, 6.07) is 7.54. The van der Waals surface area contributed by atoms with Crippen LogP contribution in [0.5, 0.6) is 5.75 Å². The van der Waals surface area contributed by atoms with Crippen LogP contribution >= 0.6 is 0 Å². The lowest BCUT2D eigenvalue weighted by molar-refractivity contribution is -0.148. The van der Waals surface area contributed by atoms with Crippen molar-refractivity contribution in [3.63, 3.8) is 0 Å². The summed E-state index contributed by atoms with van der Waals surface area (Å²) in [6.45, 7) is 3.06. The molecular formula is C17H23NO5. The van der Waals surface area contributed by atoms with E-state index >= 15 is 0 Å². The number of rotatable bonds is 7. The molecule has 0 atom stereocenters. The first kappa shape index (κ1) is 17.3. The molecule has 0 aliphatic carbocycles. The van der Waals surface area contributed by atoms with Gasteiger partial charge in [-0.25, -0.2) is 0 Å². The van der Waals surface area contributed by atoms with Gasteiger partial charge >= 0.3 is 5.97 Å². The third-order valence-electron chi connectivity index (χ3n) is 3.83. The molecule has 126 valence electrons. The minimum Gasteiger partial charge on any atom is -0.493 e. The maximum atomic E-state index is 12.4. The number of nitrogens with zero attached hydrogens (tertiary/aromatic N) is 1. The Balaban J connectivity index is 1.87. The van der Waals surface area contributed by atoms with Crippen LogP contribution in [0, 0.1) is 6.92 Å². The van der Waals surface area contributed by atoms with E-state index in [9.17, 15) is 9.59 Å². The zero-order chi connectivity index (χ0) is 16.7. The minimum absolute atomic E-state index is 0.0636. The fourth-order valence-electron chi connectivity index (χ4n) is 2.67. The van der Waals surface area contributed by atoms with Gasteiger partial charge in [-0.05, 0) is 37.5 Å². The predicted octanol–water partition coefficient (Wildman–Crippen LogP) is 1.86. The number of ether oxygens (including phenoxy) is 2. The van der Waals surface area contributed by atoms with Gasteiger partial charge in [0.15, 0.2) is 0 Å². The second-order valence-electron chi connectivity index (χ2n) is 5.67. The van der Waals surface area contributed by atoms with E-state index in [1.54, 1.807) is 0 Å². The van der Waals surface area contributed by atoms with E-state index in [0.29, 0.717) is 31.8 Å². The SMILES string of the molecule is Cc1cccc(OCCC(=O)N(CC(=O)O)C2CCOCC2)c1. The average Bonchev–Trinajstić information content (AvgIpc) is 2.53. The molecule has 1 aliphatic heterocycles.